The Morgan fingerprint density at radius 2 is 2.10 bits per heavy atom. The van der Waals surface area contributed by atoms with Crippen molar-refractivity contribution >= 4 is 27.8 Å². The number of pyridine rings is 1. The van der Waals surface area contributed by atoms with Crippen LogP contribution in [0, 0.1) is 0 Å². The molecule has 1 aromatic carbocycles. The standard InChI is InChI=1S/C24H27N5O2/c1-28-14-19-18-13-16(24(31)26-21(15-30)20-9-5-6-12-25-20)10-11-22(18)29(23(19)27-28)17-7-3-2-4-8-17/h5-6,9-14,17,21,30H,2-4,7-8,15H2,1H3,(H,26,31)/t21-/m0/s1/i2D2,3D2,4D2,7D2,8D2. The molecule has 1 saturated carbocycles. The number of carbonyl (C=O) groups excluding carboxylic acids is 1. The van der Waals surface area contributed by atoms with Crippen molar-refractivity contribution in [2.45, 2.75) is 43.9 Å². The Morgan fingerprint density at radius 1 is 1.26 bits per heavy atom. The average molecular weight is 428 g/mol. The lowest BCUT2D eigenvalue weighted by molar-refractivity contribution is 0.0915. The summed E-state index contributed by atoms with van der Waals surface area (Å²) in [5, 5.41) is 17.6. The van der Waals surface area contributed by atoms with Crippen molar-refractivity contribution in [2.75, 3.05) is 6.61 Å². The van der Waals surface area contributed by atoms with Crippen LogP contribution in [0.4, 0.5) is 0 Å². The van der Waals surface area contributed by atoms with Gasteiger partial charge in [-0.15, -0.1) is 0 Å². The Morgan fingerprint density at radius 3 is 2.84 bits per heavy atom. The van der Waals surface area contributed by atoms with Crippen LogP contribution in [0.2, 0.25) is 0 Å². The van der Waals surface area contributed by atoms with Gasteiger partial charge in [0, 0.05) is 55.5 Å². The third-order valence-corrected chi connectivity index (χ3v) is 5.18. The van der Waals surface area contributed by atoms with E-state index in [9.17, 15) is 9.90 Å². The van der Waals surface area contributed by atoms with Crippen molar-refractivity contribution in [1.82, 2.24) is 24.6 Å². The third kappa shape index (κ3) is 3.59. The number of aromatic nitrogens is 4. The first kappa shape index (κ1) is 11.4. The zero-order valence-corrected chi connectivity index (χ0v) is 16.6. The van der Waals surface area contributed by atoms with Gasteiger partial charge in [0.15, 0.2) is 5.65 Å². The van der Waals surface area contributed by atoms with Crippen molar-refractivity contribution in [3.05, 3.63) is 60.0 Å². The molecule has 1 amide bonds. The van der Waals surface area contributed by atoms with Crippen molar-refractivity contribution in [3.63, 3.8) is 0 Å². The first-order valence-corrected chi connectivity index (χ1v) is 9.71. The molecule has 2 N–H and O–H groups in total. The number of aliphatic hydroxyl groups excluding tert-OH is 1. The maximum atomic E-state index is 13.2. The zero-order valence-electron chi connectivity index (χ0n) is 26.6. The molecule has 1 aliphatic carbocycles. The monoisotopic (exact) mass is 427 g/mol. The lowest BCUT2D eigenvalue weighted by Crippen LogP contribution is -2.31. The van der Waals surface area contributed by atoms with Crippen molar-refractivity contribution in [1.29, 1.82) is 0 Å². The second-order valence-electron chi connectivity index (χ2n) is 7.17. The van der Waals surface area contributed by atoms with Gasteiger partial charge < -0.3 is 15.0 Å². The highest BCUT2D eigenvalue weighted by Gasteiger charge is 2.24. The quantitative estimate of drug-likeness (QED) is 0.506. The predicted molar refractivity (Wildman–Crippen MR) is 120 cm³/mol. The van der Waals surface area contributed by atoms with Crippen LogP contribution >= 0.6 is 0 Å². The molecule has 0 bridgehead atoms. The van der Waals surface area contributed by atoms with Crippen LogP contribution in [-0.2, 0) is 7.05 Å². The highest BCUT2D eigenvalue weighted by molar-refractivity contribution is 6.09. The Bertz CT molecular complexity index is 1620. The maximum absolute atomic E-state index is 13.2. The number of aryl methyl sites for hydroxylation is 1. The number of rotatable bonds is 5. The molecular weight excluding hydrogens is 390 g/mol. The second-order valence-corrected chi connectivity index (χ2v) is 7.17. The van der Waals surface area contributed by atoms with Gasteiger partial charge in [0.05, 0.1) is 23.9 Å². The van der Waals surface area contributed by atoms with Crippen LogP contribution in [0.15, 0.2) is 48.8 Å². The summed E-state index contributed by atoms with van der Waals surface area (Å²) in [6, 6.07) is 6.32. The van der Waals surface area contributed by atoms with Gasteiger partial charge in [-0.3, -0.25) is 14.5 Å². The first-order chi connectivity index (χ1) is 18.9. The number of benzene rings is 1. The molecule has 1 atom stereocenters. The van der Waals surface area contributed by atoms with Gasteiger partial charge in [0.1, 0.15) is 0 Å². The molecular formula is C24H27N5O2. The molecule has 1 fully saturated rings. The molecule has 31 heavy (non-hydrogen) atoms. The molecule has 7 nitrogen and oxygen atoms in total. The Balaban J connectivity index is 1.69. The van der Waals surface area contributed by atoms with Crippen molar-refractivity contribution in [2.24, 2.45) is 7.05 Å². The summed E-state index contributed by atoms with van der Waals surface area (Å²) in [7, 11) is 1.56. The fourth-order valence-electron chi connectivity index (χ4n) is 3.77. The number of nitrogens with zero attached hydrogens (tertiary/aromatic N) is 4. The Kier molecular flexibility index (Phi) is 3.01. The van der Waals surface area contributed by atoms with Gasteiger partial charge in [-0.25, -0.2) is 0 Å². The summed E-state index contributed by atoms with van der Waals surface area (Å²) >= 11 is 0. The number of hydrogen-bond donors (Lipinski definition) is 2. The predicted octanol–water partition coefficient (Wildman–Crippen LogP) is 3.89. The first-order valence-electron chi connectivity index (χ1n) is 14.7. The number of fused-ring (bicyclic) bond motifs is 3. The molecule has 5 rings (SSSR count). The van der Waals surface area contributed by atoms with Crippen LogP contribution in [-0.4, -0.2) is 37.0 Å². The van der Waals surface area contributed by atoms with Crippen molar-refractivity contribution in [3.8, 4) is 0 Å². The number of hydrogen-bond acceptors (Lipinski definition) is 4. The van der Waals surface area contributed by atoms with Crippen LogP contribution in [0.5, 0.6) is 0 Å². The highest BCUT2D eigenvalue weighted by Crippen LogP contribution is 2.37. The van der Waals surface area contributed by atoms with Crippen LogP contribution < -0.4 is 5.32 Å². The van der Waals surface area contributed by atoms with Crippen molar-refractivity contribution < 1.29 is 23.6 Å². The van der Waals surface area contributed by atoms with Crippen LogP contribution in [0.25, 0.3) is 21.9 Å². The van der Waals surface area contributed by atoms with Gasteiger partial charge >= 0.3 is 0 Å². The fraction of sp³-hybridized carbons (Fsp3) is 0.375. The van der Waals surface area contributed by atoms with E-state index < -0.39 is 56.5 Å². The van der Waals surface area contributed by atoms with E-state index in [1.165, 1.54) is 29.1 Å². The zero-order chi connectivity index (χ0) is 30.3. The summed E-state index contributed by atoms with van der Waals surface area (Å²) < 4.78 is 86.9. The van der Waals surface area contributed by atoms with E-state index in [1.807, 2.05) is 0 Å². The average Bonchev–Trinajstić information content (AvgIpc) is 3.41. The van der Waals surface area contributed by atoms with E-state index in [1.54, 1.807) is 31.4 Å². The lowest BCUT2D eigenvalue weighted by atomic mass is 9.95. The molecule has 0 unspecified atom stereocenters. The second kappa shape index (κ2) is 8.15. The maximum Gasteiger partial charge on any atom is 0.251 e. The molecule has 3 aromatic heterocycles. The lowest BCUT2D eigenvalue weighted by Gasteiger charge is -2.24. The Labute approximate surface area is 194 Å². The molecule has 3 heterocycles. The van der Waals surface area contributed by atoms with E-state index >= 15 is 0 Å². The van der Waals surface area contributed by atoms with E-state index in [2.05, 4.69) is 15.4 Å². The normalized spacial score (nSPS) is 29.0. The molecule has 0 spiro atoms. The van der Waals surface area contributed by atoms with Gasteiger partial charge in [-0.1, -0.05) is 25.2 Å². The molecule has 0 aliphatic heterocycles. The van der Waals surface area contributed by atoms with E-state index in [-0.39, 0.29) is 16.7 Å². The number of carbonyl (C=O) groups is 1. The third-order valence-electron chi connectivity index (χ3n) is 5.18. The molecule has 1 aliphatic rings. The fourth-order valence-corrected chi connectivity index (χ4v) is 3.77. The number of nitrogens with one attached hydrogen (secondary N) is 1. The van der Waals surface area contributed by atoms with E-state index in [0.717, 1.165) is 4.57 Å². The van der Waals surface area contributed by atoms with Gasteiger partial charge in [-0.2, -0.15) is 5.10 Å². The summed E-state index contributed by atoms with van der Waals surface area (Å²) in [6.45, 7) is -0.419. The minimum Gasteiger partial charge on any atom is -0.394 e. The number of aliphatic hydroxyl groups is 1. The van der Waals surface area contributed by atoms with E-state index in [0.29, 0.717) is 16.5 Å². The molecule has 160 valence electrons. The molecule has 0 saturated heterocycles. The summed E-state index contributed by atoms with van der Waals surface area (Å²) in [5.41, 5.74) is 0.741. The van der Waals surface area contributed by atoms with Gasteiger partial charge in [0.2, 0.25) is 0 Å². The molecule has 0 radical (unpaired) electrons. The van der Waals surface area contributed by atoms with Gasteiger partial charge in [-0.05, 0) is 43.1 Å². The Hall–Kier alpha value is -3.19. The van der Waals surface area contributed by atoms with Crippen LogP contribution in [0.3, 0.4) is 0 Å². The highest BCUT2D eigenvalue weighted by atomic mass is 16.3. The molecule has 4 aromatic rings. The summed E-state index contributed by atoms with van der Waals surface area (Å²) in [4.78, 5) is 17.3. The van der Waals surface area contributed by atoms with Crippen LogP contribution in [0.1, 0.15) is 73.7 Å². The van der Waals surface area contributed by atoms with Gasteiger partial charge in [0.25, 0.3) is 5.91 Å². The van der Waals surface area contributed by atoms with E-state index in [4.69, 9.17) is 13.7 Å². The largest absolute Gasteiger partial charge is 0.394 e. The smallest absolute Gasteiger partial charge is 0.251 e. The summed E-state index contributed by atoms with van der Waals surface area (Å²) in [6.07, 6.45) is -13.9. The molecule has 7 heteroatoms. The topological polar surface area (TPSA) is 85.0 Å². The number of amides is 1. The minimum absolute atomic E-state index is 0.00795. The SMILES string of the molecule is [2H]C1([2H])C(n2c3ccc(C(=O)N[C@@H](CO)c4ccccn4)cc3c3cn(C)nc32)C([2H])([2H])C([2H])([2H])C([2H])([2H])C1([2H])[2H]. The summed E-state index contributed by atoms with van der Waals surface area (Å²) in [5.74, 6) is -0.564. The minimum atomic E-state index is -3.53.